The highest BCUT2D eigenvalue weighted by atomic mass is 79.9. The van der Waals surface area contributed by atoms with Crippen molar-refractivity contribution in [1.82, 2.24) is 5.32 Å². The van der Waals surface area contributed by atoms with Gasteiger partial charge in [0.2, 0.25) is 0 Å². The molecule has 0 aliphatic carbocycles. The first kappa shape index (κ1) is 19.3. The van der Waals surface area contributed by atoms with Crippen molar-refractivity contribution in [3.8, 4) is 0 Å². The summed E-state index contributed by atoms with van der Waals surface area (Å²) in [6.07, 6.45) is 4.40. The average molecular weight is 402 g/mol. The topological polar surface area (TPSA) is 38.3 Å². The minimum absolute atomic E-state index is 0.136. The van der Waals surface area contributed by atoms with Gasteiger partial charge in [-0.2, -0.15) is 0 Å². The maximum absolute atomic E-state index is 12.2. The fourth-order valence-corrected chi connectivity index (χ4v) is 2.59. The minimum Gasteiger partial charge on any atom is -0.444 e. The fraction of sp³-hybridized carbons (Fsp3) is 0.286. The summed E-state index contributed by atoms with van der Waals surface area (Å²) in [6, 6.07) is 17.9. The van der Waals surface area contributed by atoms with Crippen LogP contribution in [0.3, 0.4) is 0 Å². The van der Waals surface area contributed by atoms with E-state index in [0.29, 0.717) is 6.42 Å². The lowest BCUT2D eigenvalue weighted by Gasteiger charge is -2.23. The molecule has 1 N–H and O–H groups in total. The van der Waals surface area contributed by atoms with Crippen LogP contribution in [0, 0.1) is 0 Å². The summed E-state index contributed by atoms with van der Waals surface area (Å²) in [4.78, 5) is 12.2. The Kier molecular flexibility index (Phi) is 6.82. The Balaban J connectivity index is 2.07. The monoisotopic (exact) mass is 401 g/mol. The van der Waals surface area contributed by atoms with E-state index in [-0.39, 0.29) is 6.04 Å². The van der Waals surface area contributed by atoms with Crippen LogP contribution in [0.2, 0.25) is 0 Å². The number of amides is 1. The lowest BCUT2D eigenvalue weighted by Crippen LogP contribution is -2.34. The van der Waals surface area contributed by atoms with Crippen LogP contribution in [0.4, 0.5) is 4.79 Å². The summed E-state index contributed by atoms with van der Waals surface area (Å²) in [7, 11) is 0. The molecule has 132 valence electrons. The van der Waals surface area contributed by atoms with Crippen molar-refractivity contribution in [3.05, 3.63) is 76.3 Å². The van der Waals surface area contributed by atoms with Gasteiger partial charge in [0.15, 0.2) is 0 Å². The molecule has 1 amide bonds. The van der Waals surface area contributed by atoms with Crippen molar-refractivity contribution in [3.63, 3.8) is 0 Å². The first-order valence-corrected chi connectivity index (χ1v) is 9.09. The lowest BCUT2D eigenvalue weighted by molar-refractivity contribution is 0.0504. The fourth-order valence-electron chi connectivity index (χ4n) is 2.33. The summed E-state index contributed by atoms with van der Waals surface area (Å²) >= 11 is 3.43. The van der Waals surface area contributed by atoms with Crippen LogP contribution in [-0.2, 0) is 4.74 Å². The van der Waals surface area contributed by atoms with Gasteiger partial charge in [0.1, 0.15) is 5.60 Å². The van der Waals surface area contributed by atoms with E-state index in [1.54, 1.807) is 0 Å². The molecule has 1 atom stereocenters. The zero-order valence-electron chi connectivity index (χ0n) is 14.8. The van der Waals surface area contributed by atoms with Crippen LogP contribution in [0.1, 0.15) is 44.4 Å². The molecule has 0 aliphatic rings. The van der Waals surface area contributed by atoms with Gasteiger partial charge >= 0.3 is 6.09 Å². The second-order valence-corrected chi connectivity index (χ2v) is 7.71. The van der Waals surface area contributed by atoms with Crippen molar-refractivity contribution >= 4 is 28.1 Å². The molecule has 0 unspecified atom stereocenters. The Bertz CT molecular complexity index is 703. The summed E-state index contributed by atoms with van der Waals surface area (Å²) in [6.45, 7) is 5.58. The number of hydrogen-bond acceptors (Lipinski definition) is 2. The molecule has 4 heteroatoms. The second-order valence-electron chi connectivity index (χ2n) is 6.80. The number of rotatable bonds is 5. The number of benzene rings is 2. The Morgan fingerprint density at radius 2 is 1.76 bits per heavy atom. The molecule has 0 bridgehead atoms. The molecule has 0 spiro atoms. The van der Waals surface area contributed by atoms with E-state index < -0.39 is 11.7 Å². The smallest absolute Gasteiger partial charge is 0.408 e. The third-order valence-electron chi connectivity index (χ3n) is 3.44. The Morgan fingerprint density at radius 3 is 2.36 bits per heavy atom. The summed E-state index contributed by atoms with van der Waals surface area (Å²) < 4.78 is 6.44. The van der Waals surface area contributed by atoms with Gasteiger partial charge in [-0.15, -0.1) is 0 Å². The molecule has 2 aromatic carbocycles. The highest BCUT2D eigenvalue weighted by Crippen LogP contribution is 2.19. The Labute approximate surface area is 158 Å². The van der Waals surface area contributed by atoms with Gasteiger partial charge in [0.25, 0.3) is 0 Å². The molecule has 0 saturated carbocycles. The van der Waals surface area contributed by atoms with Crippen molar-refractivity contribution in [2.75, 3.05) is 0 Å². The molecule has 0 radical (unpaired) electrons. The van der Waals surface area contributed by atoms with Crippen molar-refractivity contribution < 1.29 is 9.53 Å². The van der Waals surface area contributed by atoms with Crippen molar-refractivity contribution in [2.24, 2.45) is 0 Å². The number of alkyl carbamates (subject to hydrolysis) is 1. The van der Waals surface area contributed by atoms with Gasteiger partial charge in [0.05, 0.1) is 6.04 Å². The molecular weight excluding hydrogens is 378 g/mol. The first-order chi connectivity index (χ1) is 11.8. The van der Waals surface area contributed by atoms with Gasteiger partial charge < -0.3 is 10.1 Å². The first-order valence-electron chi connectivity index (χ1n) is 8.30. The molecular formula is C21H24BrNO2. The number of ether oxygens (including phenoxy) is 1. The van der Waals surface area contributed by atoms with E-state index in [0.717, 1.165) is 15.6 Å². The maximum atomic E-state index is 12.2. The molecule has 3 nitrogen and oxygen atoms in total. The van der Waals surface area contributed by atoms with E-state index in [9.17, 15) is 4.79 Å². The normalized spacial score (nSPS) is 12.8. The highest BCUT2D eigenvalue weighted by molar-refractivity contribution is 9.10. The van der Waals surface area contributed by atoms with E-state index in [2.05, 4.69) is 33.4 Å². The maximum Gasteiger partial charge on any atom is 0.408 e. The number of carbonyl (C=O) groups is 1. The van der Waals surface area contributed by atoms with Crippen LogP contribution in [0.15, 0.2) is 65.1 Å². The highest BCUT2D eigenvalue weighted by Gasteiger charge is 2.19. The van der Waals surface area contributed by atoms with E-state index in [1.807, 2.05) is 75.4 Å². The van der Waals surface area contributed by atoms with E-state index >= 15 is 0 Å². The molecule has 0 saturated heterocycles. The van der Waals surface area contributed by atoms with Crippen LogP contribution in [-0.4, -0.2) is 11.7 Å². The van der Waals surface area contributed by atoms with Crippen LogP contribution in [0.5, 0.6) is 0 Å². The van der Waals surface area contributed by atoms with Gasteiger partial charge in [-0.05, 0) is 50.5 Å². The van der Waals surface area contributed by atoms with Gasteiger partial charge in [-0.1, -0.05) is 70.5 Å². The zero-order valence-corrected chi connectivity index (χ0v) is 16.4. The third kappa shape index (κ3) is 7.14. The molecule has 25 heavy (non-hydrogen) atoms. The van der Waals surface area contributed by atoms with Crippen LogP contribution in [0.25, 0.3) is 6.08 Å². The predicted octanol–water partition coefficient (Wildman–Crippen LogP) is 6.12. The van der Waals surface area contributed by atoms with Gasteiger partial charge in [0, 0.05) is 4.47 Å². The zero-order chi connectivity index (χ0) is 18.3. The number of carbonyl (C=O) groups excluding carboxylic acids is 1. The summed E-state index contributed by atoms with van der Waals surface area (Å²) in [5.41, 5.74) is 1.65. The molecule has 0 aromatic heterocycles. The van der Waals surface area contributed by atoms with E-state index in [1.165, 1.54) is 0 Å². The predicted molar refractivity (Wildman–Crippen MR) is 106 cm³/mol. The van der Waals surface area contributed by atoms with Crippen molar-refractivity contribution in [1.29, 1.82) is 0 Å². The van der Waals surface area contributed by atoms with Crippen LogP contribution < -0.4 is 5.32 Å². The molecule has 2 aromatic rings. The second kappa shape index (κ2) is 8.86. The largest absolute Gasteiger partial charge is 0.444 e. The number of nitrogens with one attached hydrogen (secondary N) is 1. The summed E-state index contributed by atoms with van der Waals surface area (Å²) in [5, 5.41) is 2.97. The third-order valence-corrected chi connectivity index (χ3v) is 3.97. The average Bonchev–Trinajstić information content (AvgIpc) is 2.55. The van der Waals surface area contributed by atoms with Gasteiger partial charge in [-0.25, -0.2) is 4.79 Å². The standard InChI is InChI=1S/C21H24BrNO2/c1-21(2,3)25-20(24)23-19(17-9-5-4-6-10-17)11-7-8-16-12-14-18(22)15-13-16/h4-10,12-15,19H,11H2,1-3H3,(H,23,24)/b8-7+/t19-/m1/s1. The SMILES string of the molecule is CC(C)(C)OC(=O)N[C@H](C/C=C/c1ccc(Br)cc1)c1ccccc1. The lowest BCUT2D eigenvalue weighted by atomic mass is 10.0. The number of halogens is 1. The van der Waals surface area contributed by atoms with Gasteiger partial charge in [-0.3, -0.25) is 0 Å². The molecule has 2 rings (SSSR count). The summed E-state index contributed by atoms with van der Waals surface area (Å²) in [5.74, 6) is 0. The Hall–Kier alpha value is -2.07. The van der Waals surface area contributed by atoms with Crippen molar-refractivity contribution in [2.45, 2.75) is 38.8 Å². The molecule has 0 fully saturated rings. The number of hydrogen-bond donors (Lipinski definition) is 1. The quantitative estimate of drug-likeness (QED) is 0.655. The van der Waals surface area contributed by atoms with E-state index in [4.69, 9.17) is 4.74 Å². The minimum atomic E-state index is -0.515. The van der Waals surface area contributed by atoms with Crippen LogP contribution >= 0.6 is 15.9 Å². The Morgan fingerprint density at radius 1 is 1.12 bits per heavy atom. The molecule has 0 aliphatic heterocycles. The molecule has 0 heterocycles.